The summed E-state index contributed by atoms with van der Waals surface area (Å²) >= 11 is 5.75. The number of aliphatic hydroxyl groups is 1. The number of nitrogens with zero attached hydrogens (tertiary/aromatic N) is 2. The Kier molecular flexibility index (Phi) is 4.03. The first-order valence-electron chi connectivity index (χ1n) is 6.13. The number of hydrogen-bond acceptors (Lipinski definition) is 4. The van der Waals surface area contributed by atoms with Crippen molar-refractivity contribution in [3.8, 4) is 0 Å². The summed E-state index contributed by atoms with van der Waals surface area (Å²) in [4.78, 5) is 17.1. The van der Waals surface area contributed by atoms with Crippen LogP contribution in [-0.4, -0.2) is 45.8 Å². The Morgan fingerprint density at radius 2 is 2.00 bits per heavy atom. The van der Waals surface area contributed by atoms with Crippen molar-refractivity contribution in [3.63, 3.8) is 0 Å². The Hall–Kier alpha value is -1.54. The van der Waals surface area contributed by atoms with Gasteiger partial charge in [-0.25, -0.2) is 4.98 Å². The third kappa shape index (κ3) is 3.06. The molecule has 2 rings (SSSR count). The molecule has 1 aliphatic rings. The highest BCUT2D eigenvalue weighted by Crippen LogP contribution is 2.38. The Labute approximate surface area is 123 Å². The van der Waals surface area contributed by atoms with Crippen LogP contribution in [0.3, 0.4) is 0 Å². The van der Waals surface area contributed by atoms with Crippen LogP contribution in [0.5, 0.6) is 0 Å². The number of halogens is 4. The third-order valence-electron chi connectivity index (χ3n) is 3.52. The molecule has 9 heteroatoms. The van der Waals surface area contributed by atoms with Gasteiger partial charge in [0.15, 0.2) is 5.60 Å². The van der Waals surface area contributed by atoms with Gasteiger partial charge in [0, 0.05) is 32.1 Å². The Bertz CT molecular complexity index is 557. The van der Waals surface area contributed by atoms with Crippen LogP contribution in [0, 0.1) is 0 Å². The summed E-state index contributed by atoms with van der Waals surface area (Å²) in [7, 11) is 0. The zero-order valence-corrected chi connectivity index (χ0v) is 11.6. The lowest BCUT2D eigenvalue weighted by molar-refractivity contribution is -0.271. The molecule has 3 N–H and O–H groups in total. The number of alkyl halides is 3. The number of likely N-dealkylation sites (tertiary alicyclic amines) is 1. The fourth-order valence-electron chi connectivity index (χ4n) is 2.11. The summed E-state index contributed by atoms with van der Waals surface area (Å²) in [6, 6.07) is 1.32. The second-order valence-electron chi connectivity index (χ2n) is 4.91. The molecular weight excluding hydrogens is 311 g/mol. The highest BCUT2D eigenvalue weighted by molar-refractivity contribution is 6.33. The predicted octanol–water partition coefficient (Wildman–Crippen LogP) is 1.85. The normalized spacial score (nSPS) is 18.6. The zero-order chi connectivity index (χ0) is 15.8. The van der Waals surface area contributed by atoms with E-state index in [9.17, 15) is 23.1 Å². The number of pyridine rings is 1. The standard InChI is InChI=1S/C12H13ClF3N3O2/c13-8-5-7(6-18-9(8)17)10(20)19-3-1-11(21,2-4-19)12(14,15)16/h5-6,21H,1-4H2,(H2,17,18). The second-order valence-corrected chi connectivity index (χ2v) is 5.32. The molecule has 21 heavy (non-hydrogen) atoms. The van der Waals surface area contributed by atoms with Gasteiger partial charge in [-0.15, -0.1) is 0 Å². The Morgan fingerprint density at radius 1 is 1.43 bits per heavy atom. The molecule has 1 aliphatic heterocycles. The quantitative estimate of drug-likeness (QED) is 0.826. The minimum Gasteiger partial charge on any atom is -0.382 e. The van der Waals surface area contributed by atoms with E-state index < -0.39 is 30.5 Å². The largest absolute Gasteiger partial charge is 0.417 e. The molecule has 0 bridgehead atoms. The van der Waals surface area contributed by atoms with Crippen molar-refractivity contribution in [2.75, 3.05) is 18.8 Å². The number of hydrogen-bond donors (Lipinski definition) is 2. The van der Waals surface area contributed by atoms with E-state index >= 15 is 0 Å². The van der Waals surface area contributed by atoms with Crippen LogP contribution in [0.4, 0.5) is 19.0 Å². The van der Waals surface area contributed by atoms with Gasteiger partial charge in [-0.3, -0.25) is 4.79 Å². The highest BCUT2D eigenvalue weighted by atomic mass is 35.5. The van der Waals surface area contributed by atoms with Crippen LogP contribution in [0.1, 0.15) is 23.2 Å². The molecular formula is C12H13ClF3N3O2. The van der Waals surface area contributed by atoms with E-state index in [-0.39, 0.29) is 29.5 Å². The molecule has 0 aromatic carbocycles. The van der Waals surface area contributed by atoms with Gasteiger partial charge in [0.2, 0.25) is 0 Å². The molecule has 1 aromatic heterocycles. The van der Waals surface area contributed by atoms with E-state index in [1.165, 1.54) is 17.2 Å². The molecule has 0 spiro atoms. The summed E-state index contributed by atoms with van der Waals surface area (Å²) in [5.41, 5.74) is 2.83. The molecule has 1 fully saturated rings. The Morgan fingerprint density at radius 3 is 2.48 bits per heavy atom. The minimum atomic E-state index is -4.70. The Balaban J connectivity index is 2.08. The number of aromatic nitrogens is 1. The molecule has 0 unspecified atom stereocenters. The van der Waals surface area contributed by atoms with E-state index in [0.717, 1.165) is 0 Å². The fraction of sp³-hybridized carbons (Fsp3) is 0.500. The second kappa shape index (κ2) is 5.34. The molecule has 1 aromatic rings. The lowest BCUT2D eigenvalue weighted by atomic mass is 9.90. The van der Waals surface area contributed by atoms with Gasteiger partial charge in [-0.2, -0.15) is 13.2 Å². The number of carbonyl (C=O) groups is 1. The van der Waals surface area contributed by atoms with E-state index in [0.29, 0.717) is 0 Å². The van der Waals surface area contributed by atoms with E-state index in [4.69, 9.17) is 17.3 Å². The summed E-state index contributed by atoms with van der Waals surface area (Å²) in [6.45, 7) is -0.395. The maximum Gasteiger partial charge on any atom is 0.417 e. The van der Waals surface area contributed by atoms with Crippen molar-refractivity contribution < 1.29 is 23.1 Å². The molecule has 116 valence electrons. The number of piperidine rings is 1. The van der Waals surface area contributed by atoms with Crippen molar-refractivity contribution in [1.82, 2.24) is 9.88 Å². The molecule has 0 radical (unpaired) electrons. The van der Waals surface area contributed by atoms with Crippen molar-refractivity contribution in [2.45, 2.75) is 24.6 Å². The predicted molar refractivity (Wildman–Crippen MR) is 69.8 cm³/mol. The zero-order valence-electron chi connectivity index (χ0n) is 10.8. The SMILES string of the molecule is Nc1ncc(C(=O)N2CCC(O)(C(F)(F)F)CC2)cc1Cl. The van der Waals surface area contributed by atoms with Crippen LogP contribution < -0.4 is 5.73 Å². The first kappa shape index (κ1) is 15.8. The third-order valence-corrected chi connectivity index (χ3v) is 3.82. The van der Waals surface area contributed by atoms with E-state index in [1.54, 1.807) is 0 Å². The van der Waals surface area contributed by atoms with Crippen LogP contribution in [0.15, 0.2) is 12.3 Å². The van der Waals surface area contributed by atoms with Gasteiger partial charge in [-0.05, 0) is 6.07 Å². The lowest BCUT2D eigenvalue weighted by Gasteiger charge is -2.39. The van der Waals surface area contributed by atoms with E-state index in [2.05, 4.69) is 4.98 Å². The van der Waals surface area contributed by atoms with Gasteiger partial charge < -0.3 is 15.7 Å². The number of nitrogen functional groups attached to an aromatic ring is 1. The highest BCUT2D eigenvalue weighted by Gasteiger charge is 2.54. The molecule has 5 nitrogen and oxygen atoms in total. The molecule has 0 atom stereocenters. The average Bonchev–Trinajstić information content (AvgIpc) is 2.41. The number of rotatable bonds is 1. The van der Waals surface area contributed by atoms with Crippen LogP contribution in [0.2, 0.25) is 5.02 Å². The van der Waals surface area contributed by atoms with Crippen molar-refractivity contribution in [1.29, 1.82) is 0 Å². The number of anilines is 1. The summed E-state index contributed by atoms with van der Waals surface area (Å²) in [5, 5.41) is 9.65. The van der Waals surface area contributed by atoms with Crippen LogP contribution in [-0.2, 0) is 0 Å². The van der Waals surface area contributed by atoms with Gasteiger partial charge in [-0.1, -0.05) is 11.6 Å². The average molecular weight is 324 g/mol. The summed E-state index contributed by atoms with van der Waals surface area (Å²) < 4.78 is 38.0. The lowest BCUT2D eigenvalue weighted by Crippen LogP contribution is -2.54. The van der Waals surface area contributed by atoms with Crippen LogP contribution >= 0.6 is 11.6 Å². The molecule has 2 heterocycles. The molecule has 1 amide bonds. The summed E-state index contributed by atoms with van der Waals surface area (Å²) in [5.74, 6) is -0.424. The maximum absolute atomic E-state index is 12.7. The van der Waals surface area contributed by atoms with Crippen LogP contribution in [0.25, 0.3) is 0 Å². The first-order chi connectivity index (χ1) is 9.64. The van der Waals surface area contributed by atoms with Crippen molar-refractivity contribution in [3.05, 3.63) is 22.8 Å². The van der Waals surface area contributed by atoms with Crippen molar-refractivity contribution >= 4 is 23.3 Å². The monoisotopic (exact) mass is 323 g/mol. The smallest absolute Gasteiger partial charge is 0.382 e. The van der Waals surface area contributed by atoms with Gasteiger partial charge >= 0.3 is 6.18 Å². The van der Waals surface area contributed by atoms with Gasteiger partial charge in [0.1, 0.15) is 5.82 Å². The topological polar surface area (TPSA) is 79.5 Å². The molecule has 1 saturated heterocycles. The van der Waals surface area contributed by atoms with Gasteiger partial charge in [0.05, 0.1) is 10.6 Å². The number of nitrogens with two attached hydrogens (primary N) is 1. The number of amides is 1. The molecule has 0 aliphatic carbocycles. The van der Waals surface area contributed by atoms with E-state index in [1.807, 2.05) is 0 Å². The maximum atomic E-state index is 12.7. The first-order valence-corrected chi connectivity index (χ1v) is 6.51. The molecule has 0 saturated carbocycles. The summed E-state index contributed by atoms with van der Waals surface area (Å²) in [6.07, 6.45) is -4.60. The van der Waals surface area contributed by atoms with Crippen molar-refractivity contribution in [2.24, 2.45) is 0 Å². The fourth-order valence-corrected chi connectivity index (χ4v) is 2.28. The minimum absolute atomic E-state index is 0.0679. The number of carbonyl (C=O) groups excluding carboxylic acids is 1. The van der Waals surface area contributed by atoms with Gasteiger partial charge in [0.25, 0.3) is 5.91 Å².